The SMILES string of the molecule is NC(=C(N)c1ccccc1S(=O)(=O)[O-])c1ccccc1.O.[Na+]. The van der Waals surface area contributed by atoms with Gasteiger partial charge >= 0.3 is 29.6 Å². The summed E-state index contributed by atoms with van der Waals surface area (Å²) in [5.74, 6) is 0. The van der Waals surface area contributed by atoms with Gasteiger partial charge in [0.05, 0.1) is 16.3 Å². The third-order valence-electron chi connectivity index (χ3n) is 2.82. The molecule has 6 nitrogen and oxygen atoms in total. The van der Waals surface area contributed by atoms with Crippen LogP contribution in [0.2, 0.25) is 0 Å². The van der Waals surface area contributed by atoms with Crippen molar-refractivity contribution < 1.29 is 48.0 Å². The molecule has 0 atom stereocenters. The fourth-order valence-electron chi connectivity index (χ4n) is 1.83. The van der Waals surface area contributed by atoms with Crippen molar-refractivity contribution in [1.29, 1.82) is 0 Å². The van der Waals surface area contributed by atoms with Crippen LogP contribution in [-0.2, 0) is 10.1 Å². The smallest absolute Gasteiger partial charge is 0.744 e. The van der Waals surface area contributed by atoms with Crippen LogP contribution in [0.3, 0.4) is 0 Å². The van der Waals surface area contributed by atoms with Crippen molar-refractivity contribution in [3.8, 4) is 0 Å². The van der Waals surface area contributed by atoms with E-state index in [9.17, 15) is 13.0 Å². The van der Waals surface area contributed by atoms with E-state index in [0.717, 1.165) is 0 Å². The minimum absolute atomic E-state index is 0. The molecule has 0 heterocycles. The van der Waals surface area contributed by atoms with E-state index in [2.05, 4.69) is 0 Å². The Morgan fingerprint density at radius 3 is 1.91 bits per heavy atom. The molecule has 0 radical (unpaired) electrons. The molecule has 8 heteroatoms. The Morgan fingerprint density at radius 1 is 0.864 bits per heavy atom. The molecular formula is C14H15N2NaO4S. The molecule has 2 aromatic carbocycles. The summed E-state index contributed by atoms with van der Waals surface area (Å²) in [5, 5.41) is 0. The quantitative estimate of drug-likeness (QED) is 0.364. The van der Waals surface area contributed by atoms with Crippen LogP contribution < -0.4 is 41.0 Å². The van der Waals surface area contributed by atoms with Crippen molar-refractivity contribution in [2.75, 3.05) is 0 Å². The van der Waals surface area contributed by atoms with Crippen LogP contribution in [0.4, 0.5) is 0 Å². The maximum absolute atomic E-state index is 11.2. The molecule has 2 aromatic rings. The Hall–Kier alpha value is -1.35. The fourth-order valence-corrected chi connectivity index (χ4v) is 2.52. The molecule has 0 aromatic heterocycles. The molecular weight excluding hydrogens is 315 g/mol. The van der Waals surface area contributed by atoms with E-state index in [4.69, 9.17) is 11.5 Å². The zero-order chi connectivity index (χ0) is 14.8. The molecule has 2 rings (SSSR count). The number of hydrogen-bond donors (Lipinski definition) is 2. The van der Waals surface area contributed by atoms with Gasteiger partial charge in [0.2, 0.25) is 0 Å². The Kier molecular flexibility index (Phi) is 7.82. The zero-order valence-corrected chi connectivity index (χ0v) is 14.8. The summed E-state index contributed by atoms with van der Waals surface area (Å²) in [5.41, 5.74) is 12.9. The van der Waals surface area contributed by atoms with Gasteiger partial charge < -0.3 is 21.5 Å². The molecule has 0 aliphatic rings. The van der Waals surface area contributed by atoms with E-state index >= 15 is 0 Å². The Balaban J connectivity index is 0.00000220. The van der Waals surface area contributed by atoms with Gasteiger partial charge in [-0.15, -0.1) is 0 Å². The average Bonchev–Trinajstić information content (AvgIpc) is 2.46. The first-order valence-corrected chi connectivity index (χ1v) is 7.18. The van der Waals surface area contributed by atoms with Crippen LogP contribution in [0.1, 0.15) is 11.1 Å². The Bertz CT molecular complexity index is 761. The van der Waals surface area contributed by atoms with Gasteiger partial charge in [0, 0.05) is 5.56 Å². The topological polar surface area (TPSA) is 141 Å². The van der Waals surface area contributed by atoms with Gasteiger partial charge in [-0.25, -0.2) is 8.42 Å². The predicted octanol–water partition coefficient (Wildman–Crippen LogP) is -2.49. The van der Waals surface area contributed by atoms with E-state index in [1.165, 1.54) is 18.2 Å². The van der Waals surface area contributed by atoms with Crippen molar-refractivity contribution >= 4 is 21.5 Å². The third-order valence-corrected chi connectivity index (χ3v) is 3.72. The monoisotopic (exact) mass is 330 g/mol. The standard InChI is InChI=1S/C14H14N2O3S.Na.H2O/c15-13(10-6-2-1-3-7-10)14(16)11-8-4-5-9-12(11)20(17,18)19;;/h1-9H,15-16H2,(H,17,18,19);;1H2/q;+1;/p-1. The van der Waals surface area contributed by atoms with Gasteiger partial charge in [-0.1, -0.05) is 48.5 Å². The second kappa shape index (κ2) is 8.33. The third kappa shape index (κ3) is 4.57. The summed E-state index contributed by atoms with van der Waals surface area (Å²) in [4.78, 5) is -0.378. The van der Waals surface area contributed by atoms with Crippen molar-refractivity contribution in [3.05, 3.63) is 65.7 Å². The molecule has 0 spiro atoms. The minimum Gasteiger partial charge on any atom is -0.744 e. The number of rotatable bonds is 3. The molecule has 0 aliphatic carbocycles. The van der Waals surface area contributed by atoms with Crippen molar-refractivity contribution in [1.82, 2.24) is 0 Å². The van der Waals surface area contributed by atoms with Crippen LogP contribution in [0.15, 0.2) is 59.5 Å². The van der Waals surface area contributed by atoms with Crippen LogP contribution in [-0.4, -0.2) is 18.4 Å². The molecule has 0 amide bonds. The molecule has 0 aliphatic heterocycles. The molecule has 112 valence electrons. The fraction of sp³-hybridized carbons (Fsp3) is 0. The zero-order valence-electron chi connectivity index (χ0n) is 12.0. The molecule has 0 unspecified atom stereocenters. The summed E-state index contributed by atoms with van der Waals surface area (Å²) in [6, 6.07) is 14.6. The average molecular weight is 330 g/mol. The van der Waals surface area contributed by atoms with E-state index in [1.807, 2.05) is 6.07 Å². The van der Waals surface area contributed by atoms with Gasteiger partial charge in [-0.05, 0) is 11.6 Å². The van der Waals surface area contributed by atoms with Gasteiger partial charge in [0.25, 0.3) is 0 Å². The van der Waals surface area contributed by atoms with E-state index in [-0.39, 0.29) is 56.9 Å². The molecule has 0 bridgehead atoms. The summed E-state index contributed by atoms with van der Waals surface area (Å²) in [6.07, 6.45) is 0. The maximum atomic E-state index is 11.2. The molecule has 6 N–H and O–H groups in total. The van der Waals surface area contributed by atoms with Crippen LogP contribution >= 0.6 is 0 Å². The second-order valence-corrected chi connectivity index (χ2v) is 5.49. The first-order valence-electron chi connectivity index (χ1n) is 5.77. The first kappa shape index (κ1) is 20.7. The van der Waals surface area contributed by atoms with Crippen LogP contribution in [0.25, 0.3) is 11.4 Å². The number of benzene rings is 2. The van der Waals surface area contributed by atoms with E-state index in [0.29, 0.717) is 5.56 Å². The number of hydrogen-bond acceptors (Lipinski definition) is 5. The first-order chi connectivity index (χ1) is 9.41. The van der Waals surface area contributed by atoms with Crippen molar-refractivity contribution in [2.24, 2.45) is 11.5 Å². The van der Waals surface area contributed by atoms with E-state index in [1.54, 1.807) is 30.3 Å². The van der Waals surface area contributed by atoms with Crippen LogP contribution in [0, 0.1) is 0 Å². The molecule has 22 heavy (non-hydrogen) atoms. The minimum atomic E-state index is -4.61. The van der Waals surface area contributed by atoms with Crippen molar-refractivity contribution in [3.63, 3.8) is 0 Å². The number of nitrogens with two attached hydrogens (primary N) is 2. The summed E-state index contributed by atoms with van der Waals surface area (Å²) < 4.78 is 33.7. The maximum Gasteiger partial charge on any atom is 1.00 e. The van der Waals surface area contributed by atoms with Gasteiger partial charge in [-0.3, -0.25) is 0 Å². The second-order valence-electron chi connectivity index (χ2n) is 4.14. The molecule has 0 saturated heterocycles. The summed E-state index contributed by atoms with van der Waals surface area (Å²) in [7, 11) is -4.61. The predicted molar refractivity (Wildman–Crippen MR) is 79.6 cm³/mol. The van der Waals surface area contributed by atoms with Gasteiger partial charge in [-0.2, -0.15) is 0 Å². The molecule has 0 fully saturated rings. The van der Waals surface area contributed by atoms with Crippen molar-refractivity contribution in [2.45, 2.75) is 4.90 Å². The Labute approximate surface area is 151 Å². The van der Waals surface area contributed by atoms with Crippen LogP contribution in [0.5, 0.6) is 0 Å². The normalized spacial score (nSPS) is 11.7. The van der Waals surface area contributed by atoms with Gasteiger partial charge in [0.1, 0.15) is 10.1 Å². The summed E-state index contributed by atoms with van der Waals surface area (Å²) in [6.45, 7) is 0. The molecule has 0 saturated carbocycles. The van der Waals surface area contributed by atoms with E-state index < -0.39 is 10.1 Å². The largest absolute Gasteiger partial charge is 1.00 e. The Morgan fingerprint density at radius 2 is 1.36 bits per heavy atom. The van der Waals surface area contributed by atoms with Gasteiger partial charge in [0.15, 0.2) is 0 Å². The summed E-state index contributed by atoms with van der Waals surface area (Å²) >= 11 is 0.